The predicted octanol–water partition coefficient (Wildman–Crippen LogP) is 0.741. The number of rotatable bonds is 2. The minimum Gasteiger partial charge on any atom is -0.389 e. The Morgan fingerprint density at radius 1 is 1.35 bits per heavy atom. The molecule has 6 nitrogen and oxygen atoms in total. The second-order valence-electron chi connectivity index (χ2n) is 3.93. The van der Waals surface area contributed by atoms with Crippen molar-refractivity contribution in [1.29, 1.82) is 0 Å². The highest BCUT2D eigenvalue weighted by Crippen LogP contribution is 2.28. The van der Waals surface area contributed by atoms with Crippen LogP contribution in [0, 0.1) is 13.7 Å². The van der Waals surface area contributed by atoms with Crippen LogP contribution >= 0.6 is 22.6 Å². The van der Waals surface area contributed by atoms with Crippen LogP contribution in [0.2, 0.25) is 0 Å². The zero-order valence-corrected chi connectivity index (χ0v) is 10.9. The fraction of sp³-hybridized carbons (Fsp3) is 0.400. The van der Waals surface area contributed by atoms with E-state index in [1.54, 1.807) is 17.0 Å². The Labute approximate surface area is 111 Å². The predicted molar refractivity (Wildman–Crippen MR) is 70.0 cm³/mol. The van der Waals surface area contributed by atoms with E-state index in [0.717, 1.165) is 5.69 Å². The molecule has 92 valence electrons. The summed E-state index contributed by atoms with van der Waals surface area (Å²) in [5, 5.41) is 29.5. The molecule has 1 aliphatic rings. The smallest absolute Gasteiger partial charge is 0.282 e. The summed E-state index contributed by atoms with van der Waals surface area (Å²) < 4.78 is 0.543. The summed E-state index contributed by atoms with van der Waals surface area (Å²) >= 11 is 1.90. The number of nitro groups is 1. The Morgan fingerprint density at radius 3 is 2.41 bits per heavy atom. The summed E-state index contributed by atoms with van der Waals surface area (Å²) in [6, 6.07) is 4.75. The van der Waals surface area contributed by atoms with Gasteiger partial charge < -0.3 is 15.1 Å². The lowest BCUT2D eigenvalue weighted by molar-refractivity contribution is -0.385. The Morgan fingerprint density at radius 2 is 1.94 bits per heavy atom. The molecule has 1 aromatic rings. The summed E-state index contributed by atoms with van der Waals surface area (Å²) in [6.45, 7) is 0.685. The van der Waals surface area contributed by atoms with Crippen molar-refractivity contribution in [3.05, 3.63) is 31.9 Å². The molecule has 2 rings (SSSR count). The maximum atomic E-state index is 10.7. The molecule has 0 amide bonds. The summed E-state index contributed by atoms with van der Waals surface area (Å²) in [5.41, 5.74) is 0.838. The van der Waals surface area contributed by atoms with Crippen LogP contribution in [0.1, 0.15) is 0 Å². The van der Waals surface area contributed by atoms with E-state index in [1.165, 1.54) is 6.07 Å². The van der Waals surface area contributed by atoms with Crippen LogP contribution < -0.4 is 4.90 Å². The molecule has 1 aromatic carbocycles. The summed E-state index contributed by atoms with van der Waals surface area (Å²) in [5.74, 6) is 0. The van der Waals surface area contributed by atoms with E-state index < -0.39 is 17.1 Å². The van der Waals surface area contributed by atoms with Gasteiger partial charge in [-0.05, 0) is 34.7 Å². The fourth-order valence-electron chi connectivity index (χ4n) is 1.82. The Bertz CT molecular complexity index is 444. The van der Waals surface area contributed by atoms with Crippen molar-refractivity contribution in [2.75, 3.05) is 18.0 Å². The molecule has 0 saturated carbocycles. The van der Waals surface area contributed by atoms with Gasteiger partial charge in [0.2, 0.25) is 0 Å². The molecule has 2 unspecified atom stereocenters. The first-order chi connectivity index (χ1) is 7.99. The van der Waals surface area contributed by atoms with Gasteiger partial charge in [-0.25, -0.2) is 0 Å². The van der Waals surface area contributed by atoms with E-state index in [9.17, 15) is 20.3 Å². The normalized spacial score (nSPS) is 24.1. The zero-order valence-electron chi connectivity index (χ0n) is 8.78. The van der Waals surface area contributed by atoms with E-state index in [0.29, 0.717) is 16.7 Å². The maximum absolute atomic E-state index is 10.7. The topological polar surface area (TPSA) is 86.8 Å². The summed E-state index contributed by atoms with van der Waals surface area (Å²) in [7, 11) is 0. The number of hydrogen-bond acceptors (Lipinski definition) is 5. The number of β-amino-alcohol motifs (C(OH)–C–C–N with tert-alkyl or cyclic N) is 2. The maximum Gasteiger partial charge on any atom is 0.282 e. The van der Waals surface area contributed by atoms with Crippen LogP contribution in [0.15, 0.2) is 18.2 Å². The molecule has 1 heterocycles. The number of nitrogens with zero attached hydrogens (tertiary/aromatic N) is 2. The number of anilines is 1. The van der Waals surface area contributed by atoms with E-state index in [-0.39, 0.29) is 5.69 Å². The molecular formula is C10H11IN2O4. The van der Waals surface area contributed by atoms with Gasteiger partial charge in [0.25, 0.3) is 5.69 Å². The minimum atomic E-state index is -0.761. The first kappa shape index (κ1) is 12.5. The van der Waals surface area contributed by atoms with Crippen molar-refractivity contribution in [2.24, 2.45) is 0 Å². The average Bonchev–Trinajstić information content (AvgIpc) is 2.58. The van der Waals surface area contributed by atoms with Crippen molar-refractivity contribution >= 4 is 34.0 Å². The van der Waals surface area contributed by atoms with Crippen LogP contribution in [0.4, 0.5) is 11.4 Å². The van der Waals surface area contributed by atoms with Gasteiger partial charge in [0, 0.05) is 24.8 Å². The van der Waals surface area contributed by atoms with Gasteiger partial charge in [-0.15, -0.1) is 0 Å². The molecule has 0 bridgehead atoms. The van der Waals surface area contributed by atoms with Crippen molar-refractivity contribution in [1.82, 2.24) is 0 Å². The number of nitro benzene ring substituents is 1. The highest BCUT2D eigenvalue weighted by molar-refractivity contribution is 14.1. The van der Waals surface area contributed by atoms with E-state index in [2.05, 4.69) is 0 Å². The van der Waals surface area contributed by atoms with E-state index in [1.807, 2.05) is 22.6 Å². The molecule has 1 fully saturated rings. The molecule has 0 radical (unpaired) electrons. The van der Waals surface area contributed by atoms with Gasteiger partial charge in [0.1, 0.15) is 0 Å². The van der Waals surface area contributed by atoms with Gasteiger partial charge in [-0.3, -0.25) is 10.1 Å². The number of benzene rings is 1. The third kappa shape index (κ3) is 2.50. The Balaban J connectivity index is 2.24. The molecule has 2 N–H and O–H groups in total. The molecule has 0 aromatic heterocycles. The Hall–Kier alpha value is -0.930. The van der Waals surface area contributed by atoms with E-state index >= 15 is 0 Å². The first-order valence-electron chi connectivity index (χ1n) is 5.04. The van der Waals surface area contributed by atoms with Crippen molar-refractivity contribution in [3.63, 3.8) is 0 Å². The number of aliphatic hydroxyl groups excluding tert-OH is 2. The lowest BCUT2D eigenvalue weighted by Crippen LogP contribution is -2.22. The van der Waals surface area contributed by atoms with Crippen molar-refractivity contribution in [3.8, 4) is 0 Å². The second kappa shape index (κ2) is 4.75. The van der Waals surface area contributed by atoms with Gasteiger partial charge >= 0.3 is 0 Å². The molecule has 1 aliphatic heterocycles. The molecule has 0 aliphatic carbocycles. The summed E-state index contributed by atoms with van der Waals surface area (Å²) in [4.78, 5) is 12.0. The molecule has 2 atom stereocenters. The van der Waals surface area contributed by atoms with Crippen LogP contribution in [0.3, 0.4) is 0 Å². The van der Waals surface area contributed by atoms with E-state index in [4.69, 9.17) is 0 Å². The highest BCUT2D eigenvalue weighted by atomic mass is 127. The van der Waals surface area contributed by atoms with Crippen LogP contribution in [-0.4, -0.2) is 40.4 Å². The molecule has 1 saturated heterocycles. The van der Waals surface area contributed by atoms with Gasteiger partial charge in [0.15, 0.2) is 0 Å². The molecule has 17 heavy (non-hydrogen) atoms. The third-order valence-electron chi connectivity index (χ3n) is 2.75. The number of hydrogen-bond donors (Lipinski definition) is 2. The quantitative estimate of drug-likeness (QED) is 0.467. The fourth-order valence-corrected chi connectivity index (χ4v) is 2.52. The third-order valence-corrected chi connectivity index (χ3v) is 3.62. The van der Waals surface area contributed by atoms with Crippen LogP contribution in [-0.2, 0) is 0 Å². The molecule has 7 heteroatoms. The monoisotopic (exact) mass is 350 g/mol. The molecular weight excluding hydrogens is 339 g/mol. The first-order valence-corrected chi connectivity index (χ1v) is 6.12. The largest absolute Gasteiger partial charge is 0.389 e. The second-order valence-corrected chi connectivity index (χ2v) is 5.09. The lowest BCUT2D eigenvalue weighted by atomic mass is 10.2. The van der Waals surface area contributed by atoms with Gasteiger partial charge in [-0.2, -0.15) is 0 Å². The minimum absolute atomic E-state index is 0.0645. The van der Waals surface area contributed by atoms with Crippen molar-refractivity contribution < 1.29 is 15.1 Å². The van der Waals surface area contributed by atoms with Crippen LogP contribution in [0.5, 0.6) is 0 Å². The molecule has 0 spiro atoms. The van der Waals surface area contributed by atoms with Crippen LogP contribution in [0.25, 0.3) is 0 Å². The van der Waals surface area contributed by atoms with Crippen molar-refractivity contribution in [2.45, 2.75) is 12.2 Å². The highest BCUT2D eigenvalue weighted by Gasteiger charge is 2.30. The number of aliphatic hydroxyl groups is 2. The Kier molecular flexibility index (Phi) is 3.50. The SMILES string of the molecule is O=[N+]([O-])c1ccc(N2CC(O)C(O)C2)cc1I. The average molecular weight is 350 g/mol. The number of halogens is 1. The van der Waals surface area contributed by atoms with Gasteiger partial charge in [-0.1, -0.05) is 0 Å². The lowest BCUT2D eigenvalue weighted by Gasteiger charge is -2.17. The van der Waals surface area contributed by atoms with Gasteiger partial charge in [0.05, 0.1) is 20.7 Å². The standard InChI is InChI=1S/C10H11IN2O4/c11-7-3-6(1-2-8(7)13(16)17)12-4-9(14)10(15)5-12/h1-3,9-10,14-15H,4-5H2. The summed E-state index contributed by atoms with van der Waals surface area (Å²) in [6.07, 6.45) is -1.52. The zero-order chi connectivity index (χ0) is 12.6.